The minimum Gasteiger partial charge on any atom is -0.472 e. The van der Waals surface area contributed by atoms with Crippen LogP contribution in [0.3, 0.4) is 0 Å². The SMILES string of the molecule is OC[C@@H]1CCCN1Cc1ccoc1. The van der Waals surface area contributed by atoms with Crippen LogP contribution in [0.2, 0.25) is 0 Å². The minimum atomic E-state index is 0.276. The summed E-state index contributed by atoms with van der Waals surface area (Å²) in [5.41, 5.74) is 1.19. The van der Waals surface area contributed by atoms with Crippen molar-refractivity contribution in [3.63, 3.8) is 0 Å². The van der Waals surface area contributed by atoms with Crippen LogP contribution in [0.15, 0.2) is 23.0 Å². The molecule has 1 aliphatic heterocycles. The van der Waals surface area contributed by atoms with Crippen LogP contribution in [-0.2, 0) is 6.54 Å². The van der Waals surface area contributed by atoms with Crippen LogP contribution < -0.4 is 0 Å². The van der Waals surface area contributed by atoms with E-state index in [1.54, 1.807) is 12.5 Å². The fraction of sp³-hybridized carbons (Fsp3) is 0.600. The first-order valence-electron chi connectivity index (χ1n) is 4.76. The molecule has 0 amide bonds. The van der Waals surface area contributed by atoms with E-state index < -0.39 is 0 Å². The average Bonchev–Trinajstić information content (AvgIpc) is 2.76. The van der Waals surface area contributed by atoms with Crippen LogP contribution in [0.1, 0.15) is 18.4 Å². The second kappa shape index (κ2) is 3.94. The molecular formula is C10H15NO2. The van der Waals surface area contributed by atoms with Gasteiger partial charge in [0.25, 0.3) is 0 Å². The summed E-state index contributed by atoms with van der Waals surface area (Å²) < 4.78 is 5.00. The zero-order valence-electron chi connectivity index (χ0n) is 7.65. The van der Waals surface area contributed by atoms with Crippen molar-refractivity contribution in [2.75, 3.05) is 13.2 Å². The molecule has 2 heterocycles. The number of likely N-dealkylation sites (tertiary alicyclic amines) is 1. The summed E-state index contributed by atoms with van der Waals surface area (Å²) in [6, 6.07) is 2.34. The summed E-state index contributed by atoms with van der Waals surface area (Å²) in [5, 5.41) is 9.10. The second-order valence-electron chi connectivity index (χ2n) is 3.58. The third-order valence-corrected chi connectivity index (χ3v) is 2.68. The van der Waals surface area contributed by atoms with Gasteiger partial charge in [0.05, 0.1) is 19.1 Å². The van der Waals surface area contributed by atoms with Gasteiger partial charge in [-0.3, -0.25) is 4.90 Å². The van der Waals surface area contributed by atoms with Crippen LogP contribution in [0.5, 0.6) is 0 Å². The topological polar surface area (TPSA) is 36.6 Å². The lowest BCUT2D eigenvalue weighted by Gasteiger charge is -2.21. The van der Waals surface area contributed by atoms with E-state index in [0.29, 0.717) is 6.04 Å². The lowest BCUT2D eigenvalue weighted by molar-refractivity contribution is 0.153. The van der Waals surface area contributed by atoms with E-state index in [1.165, 1.54) is 12.0 Å². The molecule has 0 aliphatic carbocycles. The van der Waals surface area contributed by atoms with Crippen molar-refractivity contribution in [1.29, 1.82) is 0 Å². The molecule has 2 rings (SSSR count). The Balaban J connectivity index is 1.94. The molecule has 1 N–H and O–H groups in total. The summed E-state index contributed by atoms with van der Waals surface area (Å²) in [6.07, 6.45) is 5.78. The predicted octanol–water partition coefficient (Wildman–Crippen LogP) is 1.24. The van der Waals surface area contributed by atoms with E-state index in [1.807, 2.05) is 6.07 Å². The summed E-state index contributed by atoms with van der Waals surface area (Å²) >= 11 is 0. The van der Waals surface area contributed by atoms with Gasteiger partial charge in [-0.1, -0.05) is 0 Å². The summed E-state index contributed by atoms with van der Waals surface area (Å²) in [5.74, 6) is 0. The molecule has 3 heteroatoms. The number of furan rings is 1. The van der Waals surface area contributed by atoms with Crippen molar-refractivity contribution < 1.29 is 9.52 Å². The first-order valence-corrected chi connectivity index (χ1v) is 4.76. The maximum Gasteiger partial charge on any atom is 0.0947 e. The highest BCUT2D eigenvalue weighted by Crippen LogP contribution is 2.19. The normalized spacial score (nSPS) is 23.9. The van der Waals surface area contributed by atoms with Crippen molar-refractivity contribution in [3.8, 4) is 0 Å². The standard InChI is InChI=1S/C10H15NO2/c12-7-10-2-1-4-11(10)6-9-3-5-13-8-9/h3,5,8,10,12H,1-2,4,6-7H2/t10-/m0/s1. The third-order valence-electron chi connectivity index (χ3n) is 2.68. The Morgan fingerprint density at radius 3 is 3.23 bits per heavy atom. The van der Waals surface area contributed by atoms with Gasteiger partial charge in [-0.05, 0) is 25.5 Å². The number of hydrogen-bond donors (Lipinski definition) is 1. The molecule has 1 aromatic rings. The van der Waals surface area contributed by atoms with Gasteiger partial charge in [0.1, 0.15) is 0 Å². The summed E-state index contributed by atoms with van der Waals surface area (Å²) in [6.45, 7) is 2.27. The molecule has 0 aromatic carbocycles. The van der Waals surface area contributed by atoms with Gasteiger partial charge in [-0.15, -0.1) is 0 Å². The number of hydrogen-bond acceptors (Lipinski definition) is 3. The van der Waals surface area contributed by atoms with Crippen LogP contribution in [0.4, 0.5) is 0 Å². The average molecular weight is 181 g/mol. The number of nitrogens with zero attached hydrogens (tertiary/aromatic N) is 1. The highest BCUT2D eigenvalue weighted by Gasteiger charge is 2.23. The first kappa shape index (κ1) is 8.78. The Hall–Kier alpha value is -0.800. The number of rotatable bonds is 3. The van der Waals surface area contributed by atoms with Gasteiger partial charge in [0, 0.05) is 18.2 Å². The zero-order valence-corrected chi connectivity index (χ0v) is 7.65. The molecule has 0 saturated carbocycles. The molecule has 3 nitrogen and oxygen atoms in total. The van der Waals surface area contributed by atoms with Crippen LogP contribution in [-0.4, -0.2) is 29.2 Å². The Bertz CT molecular complexity index is 245. The molecule has 1 aliphatic rings. The monoisotopic (exact) mass is 181 g/mol. The Labute approximate surface area is 78.0 Å². The number of aliphatic hydroxyl groups excluding tert-OH is 1. The second-order valence-corrected chi connectivity index (χ2v) is 3.58. The first-order chi connectivity index (χ1) is 6.40. The summed E-state index contributed by atoms with van der Waals surface area (Å²) in [7, 11) is 0. The van der Waals surface area contributed by atoms with Crippen molar-refractivity contribution >= 4 is 0 Å². The van der Waals surface area contributed by atoms with Crippen LogP contribution in [0.25, 0.3) is 0 Å². The molecule has 0 unspecified atom stereocenters. The lowest BCUT2D eigenvalue weighted by atomic mass is 10.2. The molecule has 0 bridgehead atoms. The van der Waals surface area contributed by atoms with Gasteiger partial charge in [-0.25, -0.2) is 0 Å². The van der Waals surface area contributed by atoms with E-state index >= 15 is 0 Å². The van der Waals surface area contributed by atoms with Crippen LogP contribution in [0, 0.1) is 0 Å². The van der Waals surface area contributed by atoms with Crippen LogP contribution >= 0.6 is 0 Å². The fourth-order valence-corrected chi connectivity index (χ4v) is 1.93. The smallest absolute Gasteiger partial charge is 0.0947 e. The Morgan fingerprint density at radius 2 is 2.54 bits per heavy atom. The molecule has 72 valence electrons. The molecule has 0 spiro atoms. The largest absolute Gasteiger partial charge is 0.472 e. The molecule has 1 saturated heterocycles. The Kier molecular flexibility index (Phi) is 2.66. The van der Waals surface area contributed by atoms with Gasteiger partial charge in [0.2, 0.25) is 0 Å². The van der Waals surface area contributed by atoms with Crippen molar-refractivity contribution in [2.45, 2.75) is 25.4 Å². The zero-order chi connectivity index (χ0) is 9.10. The third kappa shape index (κ3) is 1.92. The molecule has 1 atom stereocenters. The Morgan fingerprint density at radius 1 is 1.62 bits per heavy atom. The van der Waals surface area contributed by atoms with Gasteiger partial charge >= 0.3 is 0 Å². The highest BCUT2D eigenvalue weighted by molar-refractivity contribution is 5.05. The molecule has 0 radical (unpaired) electrons. The maximum atomic E-state index is 9.10. The van der Waals surface area contributed by atoms with Crippen molar-refractivity contribution in [2.24, 2.45) is 0 Å². The maximum absolute atomic E-state index is 9.10. The van der Waals surface area contributed by atoms with E-state index in [-0.39, 0.29) is 6.61 Å². The van der Waals surface area contributed by atoms with E-state index in [0.717, 1.165) is 19.5 Å². The fourth-order valence-electron chi connectivity index (χ4n) is 1.93. The molecular weight excluding hydrogens is 166 g/mol. The van der Waals surface area contributed by atoms with Gasteiger partial charge < -0.3 is 9.52 Å². The predicted molar refractivity (Wildman–Crippen MR) is 49.2 cm³/mol. The van der Waals surface area contributed by atoms with Crippen molar-refractivity contribution in [3.05, 3.63) is 24.2 Å². The van der Waals surface area contributed by atoms with E-state index in [2.05, 4.69) is 4.90 Å². The number of aliphatic hydroxyl groups is 1. The minimum absolute atomic E-state index is 0.276. The lowest BCUT2D eigenvalue weighted by Crippen LogP contribution is -2.31. The highest BCUT2D eigenvalue weighted by atomic mass is 16.3. The quantitative estimate of drug-likeness (QED) is 0.762. The van der Waals surface area contributed by atoms with Crippen molar-refractivity contribution in [1.82, 2.24) is 4.90 Å². The van der Waals surface area contributed by atoms with E-state index in [4.69, 9.17) is 9.52 Å². The summed E-state index contributed by atoms with van der Waals surface area (Å²) in [4.78, 5) is 2.31. The van der Waals surface area contributed by atoms with E-state index in [9.17, 15) is 0 Å². The molecule has 1 fully saturated rings. The molecule has 1 aromatic heterocycles. The van der Waals surface area contributed by atoms with Gasteiger partial charge in [0.15, 0.2) is 0 Å². The molecule has 13 heavy (non-hydrogen) atoms. The van der Waals surface area contributed by atoms with Gasteiger partial charge in [-0.2, -0.15) is 0 Å².